The molecule has 1 saturated heterocycles. The van der Waals surface area contributed by atoms with E-state index in [2.05, 4.69) is 22.3 Å². The lowest BCUT2D eigenvalue weighted by Crippen LogP contribution is -2.29. The number of anilines is 2. The van der Waals surface area contributed by atoms with E-state index in [9.17, 15) is 9.59 Å². The first-order valence-corrected chi connectivity index (χ1v) is 9.07. The summed E-state index contributed by atoms with van der Waals surface area (Å²) in [6.07, 6.45) is 7.24. The van der Waals surface area contributed by atoms with E-state index in [1.165, 1.54) is 31.9 Å². The zero-order chi connectivity index (χ0) is 18.4. The van der Waals surface area contributed by atoms with Crippen molar-refractivity contribution in [3.8, 4) is 0 Å². The third-order valence-corrected chi connectivity index (χ3v) is 4.51. The van der Waals surface area contributed by atoms with Gasteiger partial charge in [-0.15, -0.1) is 0 Å². The largest absolute Gasteiger partial charge is 0.372 e. The van der Waals surface area contributed by atoms with Crippen LogP contribution in [0.15, 0.2) is 54.6 Å². The molecule has 0 unspecified atom stereocenters. The fourth-order valence-electron chi connectivity index (χ4n) is 3.17. The molecule has 0 saturated carbocycles. The minimum absolute atomic E-state index is 0.0858. The molecule has 1 aliphatic rings. The number of allylic oxidation sites excluding steroid dienone is 1. The first kappa shape index (κ1) is 17.9. The fourth-order valence-corrected chi connectivity index (χ4v) is 3.17. The molecule has 1 N–H and O–H groups in total. The molecular weight excluding hydrogens is 324 g/mol. The molecule has 134 valence electrons. The van der Waals surface area contributed by atoms with Gasteiger partial charge in [0.05, 0.1) is 0 Å². The number of piperidine rings is 1. The average Bonchev–Trinajstić information content (AvgIpc) is 2.67. The van der Waals surface area contributed by atoms with E-state index in [1.807, 2.05) is 18.2 Å². The first-order chi connectivity index (χ1) is 12.6. The summed E-state index contributed by atoms with van der Waals surface area (Å²) in [4.78, 5) is 25.9. The Kier molecular flexibility index (Phi) is 5.84. The quantitative estimate of drug-likeness (QED) is 0.638. The van der Waals surface area contributed by atoms with Gasteiger partial charge in [-0.25, -0.2) is 0 Å². The van der Waals surface area contributed by atoms with Gasteiger partial charge in [-0.1, -0.05) is 30.3 Å². The summed E-state index contributed by atoms with van der Waals surface area (Å²) in [6.45, 7) is 3.69. The second kappa shape index (κ2) is 8.48. The van der Waals surface area contributed by atoms with Crippen LogP contribution in [0.25, 0.3) is 6.08 Å². The normalized spacial score (nSPS) is 14.4. The van der Waals surface area contributed by atoms with Crippen LogP contribution in [0.1, 0.15) is 42.1 Å². The average molecular weight is 348 g/mol. The van der Waals surface area contributed by atoms with Gasteiger partial charge in [0.15, 0.2) is 5.78 Å². The van der Waals surface area contributed by atoms with Crippen LogP contribution in [0.5, 0.6) is 0 Å². The van der Waals surface area contributed by atoms with Gasteiger partial charge in [-0.3, -0.25) is 9.59 Å². The summed E-state index contributed by atoms with van der Waals surface area (Å²) in [5.74, 6) is -0.240. The van der Waals surface area contributed by atoms with E-state index in [0.717, 1.165) is 18.7 Å². The molecule has 2 aromatic carbocycles. The lowest BCUT2D eigenvalue weighted by molar-refractivity contribution is -0.114. The minimum atomic E-state index is -0.154. The Bertz CT molecular complexity index is 803. The lowest BCUT2D eigenvalue weighted by atomic mass is 10.1. The van der Waals surface area contributed by atoms with E-state index in [-0.39, 0.29) is 11.7 Å². The molecule has 1 amide bonds. The monoisotopic (exact) mass is 348 g/mol. The Morgan fingerprint density at radius 1 is 1.00 bits per heavy atom. The standard InChI is InChI=1S/C22H24N2O2/c1-17(25)23-20-7-5-6-19(16-20)22(26)13-10-18-8-11-21(12-9-18)24-14-3-2-4-15-24/h5-13,16H,2-4,14-15H2,1H3,(H,23,25). The number of amides is 1. The number of rotatable bonds is 5. The molecule has 1 fully saturated rings. The van der Waals surface area contributed by atoms with E-state index >= 15 is 0 Å². The SMILES string of the molecule is CC(=O)Nc1cccc(C(=O)C=Cc2ccc(N3CCCCC3)cc2)c1. The molecule has 1 heterocycles. The maximum absolute atomic E-state index is 12.4. The van der Waals surface area contributed by atoms with Crippen molar-refractivity contribution in [2.75, 3.05) is 23.3 Å². The molecule has 1 aliphatic heterocycles. The van der Waals surface area contributed by atoms with Gasteiger partial charge in [-0.05, 0) is 55.2 Å². The highest BCUT2D eigenvalue weighted by molar-refractivity contribution is 6.07. The maximum Gasteiger partial charge on any atom is 0.221 e. The van der Waals surface area contributed by atoms with Crippen LogP contribution in [0, 0.1) is 0 Å². The molecule has 0 radical (unpaired) electrons. The lowest BCUT2D eigenvalue weighted by Gasteiger charge is -2.28. The number of carbonyl (C=O) groups excluding carboxylic acids is 2. The maximum atomic E-state index is 12.4. The third kappa shape index (κ3) is 4.82. The number of hydrogen-bond acceptors (Lipinski definition) is 3. The van der Waals surface area contributed by atoms with Crippen molar-refractivity contribution < 1.29 is 9.59 Å². The highest BCUT2D eigenvalue weighted by Crippen LogP contribution is 2.20. The molecule has 2 aromatic rings. The summed E-state index contributed by atoms with van der Waals surface area (Å²) in [5.41, 5.74) is 3.42. The Hall–Kier alpha value is -2.88. The Morgan fingerprint density at radius 2 is 1.73 bits per heavy atom. The predicted molar refractivity (Wildman–Crippen MR) is 107 cm³/mol. The molecular formula is C22H24N2O2. The highest BCUT2D eigenvalue weighted by atomic mass is 16.1. The van der Waals surface area contributed by atoms with Crippen molar-refractivity contribution in [3.63, 3.8) is 0 Å². The number of hydrogen-bond donors (Lipinski definition) is 1. The fraction of sp³-hybridized carbons (Fsp3) is 0.273. The summed E-state index contributed by atoms with van der Waals surface area (Å²) >= 11 is 0. The molecule has 0 atom stereocenters. The van der Waals surface area contributed by atoms with Crippen molar-refractivity contribution in [2.45, 2.75) is 26.2 Å². The van der Waals surface area contributed by atoms with Gasteiger partial charge in [0.2, 0.25) is 5.91 Å². The molecule has 3 rings (SSSR count). The number of nitrogens with one attached hydrogen (secondary N) is 1. The van der Waals surface area contributed by atoms with Crippen LogP contribution in [0.4, 0.5) is 11.4 Å². The highest BCUT2D eigenvalue weighted by Gasteiger charge is 2.10. The Labute approximate surface area is 154 Å². The van der Waals surface area contributed by atoms with Gasteiger partial charge in [0.1, 0.15) is 0 Å². The molecule has 0 aliphatic carbocycles. The van der Waals surface area contributed by atoms with Gasteiger partial charge < -0.3 is 10.2 Å². The molecule has 0 aromatic heterocycles. The summed E-state index contributed by atoms with van der Waals surface area (Å²) in [7, 11) is 0. The number of benzene rings is 2. The van der Waals surface area contributed by atoms with Crippen molar-refractivity contribution in [2.24, 2.45) is 0 Å². The summed E-state index contributed by atoms with van der Waals surface area (Å²) < 4.78 is 0. The molecule has 0 spiro atoms. The van der Waals surface area contributed by atoms with Crippen LogP contribution in [-0.4, -0.2) is 24.8 Å². The topological polar surface area (TPSA) is 49.4 Å². The van der Waals surface area contributed by atoms with Crippen LogP contribution in [-0.2, 0) is 4.79 Å². The van der Waals surface area contributed by atoms with Gasteiger partial charge >= 0.3 is 0 Å². The molecule has 26 heavy (non-hydrogen) atoms. The van der Waals surface area contributed by atoms with Crippen LogP contribution in [0.3, 0.4) is 0 Å². The second-order valence-corrected chi connectivity index (χ2v) is 6.60. The van der Waals surface area contributed by atoms with Gasteiger partial charge in [0.25, 0.3) is 0 Å². The summed E-state index contributed by atoms with van der Waals surface area (Å²) in [5, 5.41) is 2.69. The predicted octanol–water partition coefficient (Wildman–Crippen LogP) is 4.53. The van der Waals surface area contributed by atoms with E-state index < -0.39 is 0 Å². The number of carbonyl (C=O) groups is 2. The first-order valence-electron chi connectivity index (χ1n) is 9.07. The van der Waals surface area contributed by atoms with E-state index in [0.29, 0.717) is 11.3 Å². The third-order valence-electron chi connectivity index (χ3n) is 4.51. The zero-order valence-electron chi connectivity index (χ0n) is 15.1. The number of nitrogens with zero attached hydrogens (tertiary/aromatic N) is 1. The van der Waals surface area contributed by atoms with Crippen molar-refractivity contribution >= 4 is 29.1 Å². The molecule has 4 heteroatoms. The van der Waals surface area contributed by atoms with E-state index in [4.69, 9.17) is 0 Å². The van der Waals surface area contributed by atoms with Gasteiger partial charge in [-0.2, -0.15) is 0 Å². The minimum Gasteiger partial charge on any atom is -0.372 e. The summed E-state index contributed by atoms with van der Waals surface area (Å²) in [6, 6.07) is 15.3. The Morgan fingerprint density at radius 3 is 2.42 bits per heavy atom. The molecule has 4 nitrogen and oxygen atoms in total. The number of ketones is 1. The van der Waals surface area contributed by atoms with Crippen molar-refractivity contribution in [1.29, 1.82) is 0 Å². The van der Waals surface area contributed by atoms with Crippen molar-refractivity contribution in [3.05, 3.63) is 65.7 Å². The van der Waals surface area contributed by atoms with Crippen LogP contribution < -0.4 is 10.2 Å². The molecule has 0 bridgehead atoms. The van der Waals surface area contributed by atoms with Gasteiger partial charge in [0, 0.05) is 37.0 Å². The van der Waals surface area contributed by atoms with Crippen molar-refractivity contribution in [1.82, 2.24) is 0 Å². The van der Waals surface area contributed by atoms with Crippen LogP contribution in [0.2, 0.25) is 0 Å². The second-order valence-electron chi connectivity index (χ2n) is 6.60. The van der Waals surface area contributed by atoms with E-state index in [1.54, 1.807) is 30.3 Å². The van der Waals surface area contributed by atoms with Crippen LogP contribution >= 0.6 is 0 Å². The zero-order valence-corrected chi connectivity index (χ0v) is 15.1. The smallest absolute Gasteiger partial charge is 0.221 e. The Balaban J connectivity index is 1.65.